The topological polar surface area (TPSA) is 72.7 Å². The van der Waals surface area contributed by atoms with Gasteiger partial charge in [0.2, 0.25) is 0 Å². The molecule has 0 saturated carbocycles. The molecule has 0 fully saturated rings. The third-order valence-electron chi connectivity index (χ3n) is 5.18. The number of amides is 1. The van der Waals surface area contributed by atoms with Crippen LogP contribution in [0.4, 0.5) is 5.69 Å². The van der Waals surface area contributed by atoms with Gasteiger partial charge in [0.1, 0.15) is 0 Å². The Hall–Kier alpha value is -4.06. The molecule has 0 unspecified atom stereocenters. The van der Waals surface area contributed by atoms with Crippen LogP contribution in [-0.4, -0.2) is 25.7 Å². The molecule has 1 amide bonds. The third kappa shape index (κ3) is 2.99. The average molecular weight is 393 g/mol. The van der Waals surface area contributed by atoms with E-state index in [9.17, 15) is 4.79 Å². The van der Waals surface area contributed by atoms with Crippen molar-refractivity contribution in [2.75, 3.05) is 5.32 Å². The van der Waals surface area contributed by atoms with Gasteiger partial charge in [-0.15, -0.1) is 0 Å². The summed E-state index contributed by atoms with van der Waals surface area (Å²) in [5, 5.41) is 9.20. The molecule has 3 aromatic heterocycles. The number of carbonyl (C=O) groups excluding carboxylic acids is 1. The van der Waals surface area contributed by atoms with Crippen LogP contribution in [0.15, 0.2) is 72.9 Å². The number of anilines is 1. The van der Waals surface area contributed by atoms with Gasteiger partial charge in [-0.1, -0.05) is 36.4 Å². The highest BCUT2D eigenvalue weighted by Gasteiger charge is 2.20. The normalized spacial score (nSPS) is 11.1. The van der Waals surface area contributed by atoms with Crippen LogP contribution in [0.2, 0.25) is 0 Å². The number of benzene rings is 2. The summed E-state index contributed by atoms with van der Waals surface area (Å²) in [6, 6.07) is 21.2. The highest BCUT2D eigenvalue weighted by molar-refractivity contribution is 6.15. The fourth-order valence-corrected chi connectivity index (χ4v) is 3.78. The summed E-state index contributed by atoms with van der Waals surface area (Å²) in [6.45, 7) is 1.89. The van der Waals surface area contributed by atoms with Crippen molar-refractivity contribution in [2.45, 2.75) is 6.92 Å². The Morgan fingerprint density at radius 1 is 1.00 bits per heavy atom. The van der Waals surface area contributed by atoms with Gasteiger partial charge < -0.3 is 5.32 Å². The lowest BCUT2D eigenvalue weighted by Gasteiger charge is -2.11. The standard InChI is InChI=1S/C24H19N5O/c1-15-22-18(24(30)27-20-12-6-11-19-17(20)10-7-13-25-19)14-21(16-8-4-3-5-9-16)26-23(22)29(2)28-15/h3-14H,1-2H3,(H,27,30). The van der Waals surface area contributed by atoms with Crippen LogP contribution in [0.5, 0.6) is 0 Å². The molecule has 2 aromatic carbocycles. The van der Waals surface area contributed by atoms with Gasteiger partial charge in [-0.2, -0.15) is 5.10 Å². The predicted octanol–water partition coefficient (Wildman–Crippen LogP) is 4.74. The first-order valence-corrected chi connectivity index (χ1v) is 9.66. The van der Waals surface area contributed by atoms with Crippen LogP contribution < -0.4 is 5.32 Å². The van der Waals surface area contributed by atoms with E-state index in [1.807, 2.05) is 80.7 Å². The maximum absolute atomic E-state index is 13.4. The van der Waals surface area contributed by atoms with Crippen molar-refractivity contribution in [3.05, 3.63) is 84.2 Å². The van der Waals surface area contributed by atoms with E-state index in [2.05, 4.69) is 15.4 Å². The van der Waals surface area contributed by atoms with E-state index in [1.165, 1.54) is 0 Å². The van der Waals surface area contributed by atoms with Gasteiger partial charge in [-0.3, -0.25) is 14.5 Å². The van der Waals surface area contributed by atoms with Crippen LogP contribution in [0.3, 0.4) is 0 Å². The van der Waals surface area contributed by atoms with E-state index in [-0.39, 0.29) is 5.91 Å². The van der Waals surface area contributed by atoms with Crippen molar-refractivity contribution in [3.8, 4) is 11.3 Å². The maximum Gasteiger partial charge on any atom is 0.256 e. The molecule has 6 nitrogen and oxygen atoms in total. The zero-order chi connectivity index (χ0) is 20.7. The van der Waals surface area contributed by atoms with Gasteiger partial charge in [0.15, 0.2) is 5.65 Å². The Balaban J connectivity index is 1.66. The van der Waals surface area contributed by atoms with Crippen molar-refractivity contribution >= 4 is 33.5 Å². The van der Waals surface area contributed by atoms with E-state index in [0.29, 0.717) is 11.2 Å². The minimum Gasteiger partial charge on any atom is -0.321 e. The zero-order valence-corrected chi connectivity index (χ0v) is 16.6. The van der Waals surface area contributed by atoms with Crippen molar-refractivity contribution in [1.82, 2.24) is 19.7 Å². The maximum atomic E-state index is 13.4. The van der Waals surface area contributed by atoms with Crippen molar-refractivity contribution in [2.24, 2.45) is 7.05 Å². The van der Waals surface area contributed by atoms with Crippen molar-refractivity contribution in [1.29, 1.82) is 0 Å². The highest BCUT2D eigenvalue weighted by atomic mass is 16.1. The lowest BCUT2D eigenvalue weighted by molar-refractivity contribution is 0.102. The molecule has 0 spiro atoms. The summed E-state index contributed by atoms with van der Waals surface area (Å²) in [5.41, 5.74) is 5.22. The second-order valence-corrected chi connectivity index (χ2v) is 7.16. The number of fused-ring (bicyclic) bond motifs is 2. The van der Waals surface area contributed by atoms with E-state index in [1.54, 1.807) is 10.9 Å². The molecule has 30 heavy (non-hydrogen) atoms. The first kappa shape index (κ1) is 18.0. The van der Waals surface area contributed by atoms with Gasteiger partial charge in [0.05, 0.1) is 33.5 Å². The fraction of sp³-hybridized carbons (Fsp3) is 0.0833. The molecular weight excluding hydrogens is 374 g/mol. The SMILES string of the molecule is Cc1nn(C)c2nc(-c3ccccc3)cc(C(=O)Nc3cccc4ncccc34)c12. The Morgan fingerprint density at radius 2 is 1.83 bits per heavy atom. The summed E-state index contributed by atoms with van der Waals surface area (Å²) in [7, 11) is 1.84. The smallest absolute Gasteiger partial charge is 0.256 e. The number of pyridine rings is 2. The Bertz CT molecular complexity index is 1400. The number of hydrogen-bond acceptors (Lipinski definition) is 4. The number of aryl methyl sites for hydroxylation is 2. The van der Waals surface area contributed by atoms with Crippen LogP contribution >= 0.6 is 0 Å². The number of nitrogens with one attached hydrogen (secondary N) is 1. The number of aromatic nitrogens is 4. The van der Waals surface area contributed by atoms with Crippen LogP contribution in [0, 0.1) is 6.92 Å². The molecule has 0 atom stereocenters. The monoisotopic (exact) mass is 393 g/mol. The molecule has 146 valence electrons. The highest BCUT2D eigenvalue weighted by Crippen LogP contribution is 2.28. The minimum absolute atomic E-state index is 0.202. The molecule has 1 N–H and O–H groups in total. The van der Waals surface area contributed by atoms with E-state index in [4.69, 9.17) is 4.98 Å². The predicted molar refractivity (Wildman–Crippen MR) is 118 cm³/mol. The van der Waals surface area contributed by atoms with E-state index in [0.717, 1.165) is 38.9 Å². The van der Waals surface area contributed by atoms with Gasteiger partial charge >= 0.3 is 0 Å². The van der Waals surface area contributed by atoms with Crippen molar-refractivity contribution < 1.29 is 4.79 Å². The fourth-order valence-electron chi connectivity index (χ4n) is 3.78. The number of rotatable bonds is 3. The van der Waals surface area contributed by atoms with E-state index < -0.39 is 0 Å². The molecule has 5 rings (SSSR count). The first-order chi connectivity index (χ1) is 14.6. The Labute approximate surface area is 173 Å². The van der Waals surface area contributed by atoms with Gasteiger partial charge in [-0.25, -0.2) is 4.98 Å². The van der Waals surface area contributed by atoms with Crippen LogP contribution in [0.25, 0.3) is 33.2 Å². The average Bonchev–Trinajstić information content (AvgIpc) is 3.07. The minimum atomic E-state index is -0.202. The molecule has 0 aliphatic carbocycles. The largest absolute Gasteiger partial charge is 0.321 e. The molecule has 0 saturated heterocycles. The molecule has 0 bridgehead atoms. The number of hydrogen-bond donors (Lipinski definition) is 1. The molecule has 0 radical (unpaired) electrons. The lowest BCUT2D eigenvalue weighted by atomic mass is 10.0. The van der Waals surface area contributed by atoms with Crippen molar-refractivity contribution in [3.63, 3.8) is 0 Å². The van der Waals surface area contributed by atoms with Crippen LogP contribution in [-0.2, 0) is 7.05 Å². The second-order valence-electron chi connectivity index (χ2n) is 7.16. The number of carbonyl (C=O) groups is 1. The summed E-state index contributed by atoms with van der Waals surface area (Å²) in [5.74, 6) is -0.202. The lowest BCUT2D eigenvalue weighted by Crippen LogP contribution is -2.13. The molecule has 3 heterocycles. The van der Waals surface area contributed by atoms with Gasteiger partial charge in [0.25, 0.3) is 5.91 Å². The Kier molecular flexibility index (Phi) is 4.25. The molecular formula is C24H19N5O. The summed E-state index contributed by atoms with van der Waals surface area (Å²) in [4.78, 5) is 22.6. The molecule has 5 aromatic rings. The molecule has 6 heteroatoms. The molecule has 0 aliphatic heterocycles. The summed E-state index contributed by atoms with van der Waals surface area (Å²) < 4.78 is 1.72. The van der Waals surface area contributed by atoms with Gasteiger partial charge in [0, 0.05) is 24.2 Å². The second kappa shape index (κ2) is 7.08. The first-order valence-electron chi connectivity index (χ1n) is 9.66. The van der Waals surface area contributed by atoms with Crippen LogP contribution in [0.1, 0.15) is 16.1 Å². The number of nitrogens with zero attached hydrogens (tertiary/aromatic N) is 4. The quantitative estimate of drug-likeness (QED) is 0.480. The van der Waals surface area contributed by atoms with Gasteiger partial charge in [-0.05, 0) is 37.3 Å². The zero-order valence-electron chi connectivity index (χ0n) is 16.6. The molecule has 0 aliphatic rings. The van der Waals surface area contributed by atoms with E-state index >= 15 is 0 Å². The third-order valence-corrected chi connectivity index (χ3v) is 5.18. The summed E-state index contributed by atoms with van der Waals surface area (Å²) in [6.07, 6.45) is 1.74. The Morgan fingerprint density at radius 3 is 2.67 bits per heavy atom. The summed E-state index contributed by atoms with van der Waals surface area (Å²) >= 11 is 0.